The quantitative estimate of drug-likeness (QED) is 0.865. The van der Waals surface area contributed by atoms with Crippen LogP contribution in [0.15, 0.2) is 28.7 Å². The number of urea groups is 1. The fourth-order valence-corrected chi connectivity index (χ4v) is 2.81. The third-order valence-electron chi connectivity index (χ3n) is 3.68. The third kappa shape index (κ3) is 2.52. The van der Waals surface area contributed by atoms with E-state index >= 15 is 0 Å². The molecule has 1 saturated heterocycles. The second-order valence-electron chi connectivity index (χ2n) is 4.74. The summed E-state index contributed by atoms with van der Waals surface area (Å²) < 4.78 is 0.939. The highest BCUT2D eigenvalue weighted by Gasteiger charge is 2.48. The second kappa shape index (κ2) is 5.33. The Morgan fingerprint density at radius 3 is 2.47 bits per heavy atom. The van der Waals surface area contributed by atoms with Gasteiger partial charge in [-0.3, -0.25) is 9.69 Å². The van der Waals surface area contributed by atoms with Gasteiger partial charge in [0.2, 0.25) is 0 Å². The molecule has 1 aromatic rings. The number of nitrogens with zero attached hydrogens (tertiary/aromatic N) is 1. The van der Waals surface area contributed by atoms with Crippen molar-refractivity contribution < 1.29 is 9.59 Å². The van der Waals surface area contributed by atoms with Gasteiger partial charge in [-0.15, -0.1) is 0 Å². The predicted molar refractivity (Wildman–Crippen MR) is 76.5 cm³/mol. The molecule has 1 aromatic carbocycles. The van der Waals surface area contributed by atoms with Crippen molar-refractivity contribution in [1.29, 1.82) is 0 Å². The molecule has 1 aliphatic rings. The first-order valence-electron chi connectivity index (χ1n) is 6.41. The number of carbonyl (C=O) groups is 2. The van der Waals surface area contributed by atoms with Crippen molar-refractivity contribution in [2.75, 3.05) is 0 Å². The summed E-state index contributed by atoms with van der Waals surface area (Å²) in [4.78, 5) is 25.7. The number of carbonyl (C=O) groups excluding carboxylic acids is 2. The second-order valence-corrected chi connectivity index (χ2v) is 5.66. The monoisotopic (exact) mass is 324 g/mol. The van der Waals surface area contributed by atoms with Crippen LogP contribution >= 0.6 is 15.9 Å². The van der Waals surface area contributed by atoms with Gasteiger partial charge in [0.05, 0.1) is 6.54 Å². The average Bonchev–Trinajstić information content (AvgIpc) is 2.64. The summed E-state index contributed by atoms with van der Waals surface area (Å²) >= 11 is 3.39. The maximum absolute atomic E-state index is 12.4. The number of rotatable bonds is 4. The van der Waals surface area contributed by atoms with Gasteiger partial charge >= 0.3 is 6.03 Å². The molecule has 0 saturated carbocycles. The number of hydrogen-bond acceptors (Lipinski definition) is 2. The lowest BCUT2D eigenvalue weighted by Gasteiger charge is -2.23. The van der Waals surface area contributed by atoms with Crippen LogP contribution in [0.25, 0.3) is 0 Å². The molecule has 0 radical (unpaired) electrons. The van der Waals surface area contributed by atoms with Gasteiger partial charge in [0.1, 0.15) is 5.54 Å². The summed E-state index contributed by atoms with van der Waals surface area (Å²) in [6.45, 7) is 4.15. The zero-order valence-electron chi connectivity index (χ0n) is 11.1. The summed E-state index contributed by atoms with van der Waals surface area (Å²) in [5.74, 6) is -0.123. The Hall–Kier alpha value is -1.36. The summed E-state index contributed by atoms with van der Waals surface area (Å²) in [6.07, 6.45) is 1.23. The molecule has 1 fully saturated rings. The van der Waals surface area contributed by atoms with Crippen LogP contribution in [0.3, 0.4) is 0 Å². The van der Waals surface area contributed by atoms with E-state index in [1.807, 2.05) is 38.1 Å². The highest BCUT2D eigenvalue weighted by atomic mass is 79.9. The van der Waals surface area contributed by atoms with E-state index in [2.05, 4.69) is 21.2 Å². The van der Waals surface area contributed by atoms with Crippen LogP contribution in [0.1, 0.15) is 32.3 Å². The summed E-state index contributed by atoms with van der Waals surface area (Å²) in [6, 6.07) is 7.33. The molecule has 0 aliphatic carbocycles. The van der Waals surface area contributed by atoms with Gasteiger partial charge < -0.3 is 5.32 Å². The zero-order valence-corrected chi connectivity index (χ0v) is 12.7. The first kappa shape index (κ1) is 14.1. The fraction of sp³-hybridized carbons (Fsp3) is 0.429. The zero-order chi connectivity index (χ0) is 14.0. The molecule has 0 bridgehead atoms. The van der Waals surface area contributed by atoms with E-state index in [1.54, 1.807) is 0 Å². The topological polar surface area (TPSA) is 49.4 Å². The molecule has 0 atom stereocenters. The van der Waals surface area contributed by atoms with Gasteiger partial charge in [0.15, 0.2) is 0 Å². The molecular formula is C14H17BrN2O2. The van der Waals surface area contributed by atoms with Gasteiger partial charge in [-0.05, 0) is 30.5 Å². The number of benzene rings is 1. The molecule has 102 valence electrons. The van der Waals surface area contributed by atoms with E-state index in [4.69, 9.17) is 0 Å². The first-order valence-corrected chi connectivity index (χ1v) is 7.20. The standard InChI is InChI=1S/C14H17BrN2O2/c1-3-14(4-2)12(18)17(13(19)16-14)9-10-6-5-7-11(15)8-10/h5-8H,3-4,9H2,1-2H3,(H,16,19). The van der Waals surface area contributed by atoms with Gasteiger partial charge in [-0.25, -0.2) is 4.79 Å². The van der Waals surface area contributed by atoms with Crippen molar-refractivity contribution in [2.45, 2.75) is 38.8 Å². The average molecular weight is 325 g/mol. The van der Waals surface area contributed by atoms with Crippen molar-refractivity contribution in [2.24, 2.45) is 0 Å². The molecule has 1 heterocycles. The molecule has 2 rings (SSSR count). The minimum atomic E-state index is -0.719. The molecule has 0 aromatic heterocycles. The van der Waals surface area contributed by atoms with Crippen molar-refractivity contribution >= 4 is 27.9 Å². The van der Waals surface area contributed by atoms with Gasteiger partial charge in [-0.1, -0.05) is 41.9 Å². The summed E-state index contributed by atoms with van der Waals surface area (Å²) in [5.41, 5.74) is 0.212. The Balaban J connectivity index is 2.22. The molecule has 0 spiro atoms. The Morgan fingerprint density at radius 2 is 1.95 bits per heavy atom. The normalized spacial score (nSPS) is 17.7. The minimum Gasteiger partial charge on any atom is -0.323 e. The largest absolute Gasteiger partial charge is 0.325 e. The van der Waals surface area contributed by atoms with Gasteiger partial charge in [0, 0.05) is 4.47 Å². The molecule has 19 heavy (non-hydrogen) atoms. The molecule has 5 heteroatoms. The lowest BCUT2D eigenvalue weighted by molar-refractivity contribution is -0.132. The maximum atomic E-state index is 12.4. The van der Waals surface area contributed by atoms with Crippen LogP contribution in [0.5, 0.6) is 0 Å². The van der Waals surface area contributed by atoms with Crippen LogP contribution in [-0.2, 0) is 11.3 Å². The van der Waals surface area contributed by atoms with E-state index in [0.717, 1.165) is 10.0 Å². The van der Waals surface area contributed by atoms with Crippen LogP contribution < -0.4 is 5.32 Å². The number of amides is 3. The van der Waals surface area contributed by atoms with Crippen molar-refractivity contribution in [3.63, 3.8) is 0 Å². The Labute approximate surface area is 121 Å². The first-order chi connectivity index (χ1) is 9.02. The Kier molecular flexibility index (Phi) is 3.94. The number of hydrogen-bond donors (Lipinski definition) is 1. The van der Waals surface area contributed by atoms with Crippen LogP contribution in [0.2, 0.25) is 0 Å². The molecule has 0 unspecified atom stereocenters. The number of nitrogens with one attached hydrogen (secondary N) is 1. The fourth-order valence-electron chi connectivity index (χ4n) is 2.37. The van der Waals surface area contributed by atoms with Gasteiger partial charge in [-0.2, -0.15) is 0 Å². The van der Waals surface area contributed by atoms with Crippen molar-refractivity contribution in [3.8, 4) is 0 Å². The van der Waals surface area contributed by atoms with E-state index < -0.39 is 5.54 Å². The molecule has 1 N–H and O–H groups in total. The highest BCUT2D eigenvalue weighted by molar-refractivity contribution is 9.10. The Bertz CT molecular complexity index is 512. The highest BCUT2D eigenvalue weighted by Crippen LogP contribution is 2.26. The predicted octanol–water partition coefficient (Wildman–Crippen LogP) is 3.06. The van der Waals surface area contributed by atoms with Crippen LogP contribution in [-0.4, -0.2) is 22.4 Å². The van der Waals surface area contributed by atoms with E-state index in [1.165, 1.54) is 4.90 Å². The molecular weight excluding hydrogens is 308 g/mol. The smallest absolute Gasteiger partial charge is 0.323 e. The SMILES string of the molecule is CCC1(CC)NC(=O)N(Cc2cccc(Br)c2)C1=O. The van der Waals surface area contributed by atoms with E-state index in [0.29, 0.717) is 19.4 Å². The van der Waals surface area contributed by atoms with E-state index in [9.17, 15) is 9.59 Å². The summed E-state index contributed by atoms with van der Waals surface area (Å²) in [5, 5.41) is 2.83. The van der Waals surface area contributed by atoms with Crippen LogP contribution in [0.4, 0.5) is 4.79 Å². The van der Waals surface area contributed by atoms with Crippen molar-refractivity contribution in [1.82, 2.24) is 10.2 Å². The maximum Gasteiger partial charge on any atom is 0.325 e. The minimum absolute atomic E-state index is 0.123. The molecule has 3 amide bonds. The summed E-state index contributed by atoms with van der Waals surface area (Å²) in [7, 11) is 0. The third-order valence-corrected chi connectivity index (χ3v) is 4.18. The van der Waals surface area contributed by atoms with E-state index in [-0.39, 0.29) is 11.9 Å². The molecule has 4 nitrogen and oxygen atoms in total. The van der Waals surface area contributed by atoms with Gasteiger partial charge in [0.25, 0.3) is 5.91 Å². The lowest BCUT2D eigenvalue weighted by Crippen LogP contribution is -2.45. The molecule has 1 aliphatic heterocycles. The van der Waals surface area contributed by atoms with Crippen molar-refractivity contribution in [3.05, 3.63) is 34.3 Å². The number of imide groups is 1. The lowest BCUT2D eigenvalue weighted by atomic mass is 9.93. The van der Waals surface area contributed by atoms with Crippen LogP contribution in [0, 0.1) is 0 Å². The Morgan fingerprint density at radius 1 is 1.26 bits per heavy atom. The number of halogens is 1.